The quantitative estimate of drug-likeness (QED) is 0.194. The van der Waals surface area contributed by atoms with Crippen LogP contribution in [0.1, 0.15) is 83.6 Å². The monoisotopic (exact) mass is 358 g/mol. The summed E-state index contributed by atoms with van der Waals surface area (Å²) in [6.07, 6.45) is 19.4. The van der Waals surface area contributed by atoms with Crippen molar-refractivity contribution in [3.8, 4) is 5.75 Å². The molecule has 26 heavy (non-hydrogen) atoms. The lowest BCUT2D eigenvalue weighted by Gasteiger charge is -2.09. The van der Waals surface area contributed by atoms with E-state index in [0.29, 0.717) is 6.61 Å². The van der Waals surface area contributed by atoms with Gasteiger partial charge in [0.15, 0.2) is 0 Å². The first kappa shape index (κ1) is 21.0. The SMILES string of the molecule is CCCCCCCCCCC/C=C/Cc1cccc(OCC2(C)CO2)c1. The molecule has 146 valence electrons. The average Bonchev–Trinajstić information content (AvgIpc) is 3.39. The molecule has 0 spiro atoms. The lowest BCUT2D eigenvalue weighted by Crippen LogP contribution is -2.16. The molecule has 1 aromatic carbocycles. The normalized spacial score (nSPS) is 19.2. The van der Waals surface area contributed by atoms with Gasteiger partial charge in [-0.25, -0.2) is 0 Å². The van der Waals surface area contributed by atoms with Crippen molar-refractivity contribution in [3.63, 3.8) is 0 Å². The Bertz CT molecular complexity index is 517. The summed E-state index contributed by atoms with van der Waals surface area (Å²) in [7, 11) is 0. The molecule has 0 amide bonds. The van der Waals surface area contributed by atoms with Gasteiger partial charge >= 0.3 is 0 Å². The topological polar surface area (TPSA) is 21.8 Å². The number of epoxide rings is 1. The first-order chi connectivity index (χ1) is 12.7. The molecule has 1 fully saturated rings. The maximum atomic E-state index is 5.84. The van der Waals surface area contributed by atoms with Gasteiger partial charge in [-0.05, 0) is 43.9 Å². The number of ether oxygens (including phenoxy) is 2. The van der Waals surface area contributed by atoms with Crippen LogP contribution >= 0.6 is 0 Å². The van der Waals surface area contributed by atoms with Crippen molar-refractivity contribution in [2.24, 2.45) is 0 Å². The fourth-order valence-electron chi connectivity index (χ4n) is 3.11. The summed E-state index contributed by atoms with van der Waals surface area (Å²) in [6.45, 7) is 5.83. The third kappa shape index (κ3) is 9.43. The third-order valence-electron chi connectivity index (χ3n) is 5.07. The Morgan fingerprint density at radius 1 is 1.00 bits per heavy atom. The molecule has 1 saturated heterocycles. The van der Waals surface area contributed by atoms with Gasteiger partial charge in [-0.15, -0.1) is 0 Å². The second-order valence-electron chi connectivity index (χ2n) is 7.97. The highest BCUT2D eigenvalue weighted by atomic mass is 16.6. The number of rotatable bonds is 15. The van der Waals surface area contributed by atoms with Gasteiger partial charge in [0.05, 0.1) is 6.61 Å². The van der Waals surface area contributed by atoms with Crippen molar-refractivity contribution >= 4 is 0 Å². The van der Waals surface area contributed by atoms with Gasteiger partial charge in [-0.1, -0.05) is 82.6 Å². The van der Waals surface area contributed by atoms with Crippen LogP contribution in [0.3, 0.4) is 0 Å². The highest BCUT2D eigenvalue weighted by molar-refractivity contribution is 5.30. The second-order valence-corrected chi connectivity index (χ2v) is 7.97. The standard InChI is InChI=1S/C24H38O2/c1-3-4-5-6-7-8-9-10-11-12-13-14-16-22-17-15-18-23(19-22)25-20-24(2)21-26-24/h13-15,17-19H,3-12,16,20-21H2,1-2H3/b14-13+. The van der Waals surface area contributed by atoms with Crippen LogP contribution in [0, 0.1) is 0 Å². The van der Waals surface area contributed by atoms with Gasteiger partial charge < -0.3 is 9.47 Å². The summed E-state index contributed by atoms with van der Waals surface area (Å²) < 4.78 is 11.2. The maximum absolute atomic E-state index is 5.84. The summed E-state index contributed by atoms with van der Waals surface area (Å²) in [6, 6.07) is 8.43. The lowest BCUT2D eigenvalue weighted by atomic mass is 10.1. The third-order valence-corrected chi connectivity index (χ3v) is 5.07. The zero-order valence-electron chi connectivity index (χ0n) is 17.0. The molecule has 0 aliphatic carbocycles. The molecule has 2 rings (SSSR count). The van der Waals surface area contributed by atoms with Gasteiger partial charge in [-0.3, -0.25) is 0 Å². The van der Waals surface area contributed by atoms with Crippen LogP contribution in [-0.4, -0.2) is 18.8 Å². The zero-order valence-corrected chi connectivity index (χ0v) is 17.0. The number of allylic oxidation sites excluding steroid dienone is 2. The van der Waals surface area contributed by atoms with E-state index >= 15 is 0 Å². The first-order valence-electron chi connectivity index (χ1n) is 10.7. The van der Waals surface area contributed by atoms with Gasteiger partial charge in [-0.2, -0.15) is 0 Å². The Labute approximate surface area is 161 Å². The minimum absolute atomic E-state index is 0.0502. The molecule has 2 nitrogen and oxygen atoms in total. The van der Waals surface area contributed by atoms with Crippen LogP contribution in [0.15, 0.2) is 36.4 Å². The van der Waals surface area contributed by atoms with Crippen molar-refractivity contribution in [3.05, 3.63) is 42.0 Å². The van der Waals surface area contributed by atoms with Crippen LogP contribution in [0.4, 0.5) is 0 Å². The fourth-order valence-corrected chi connectivity index (χ4v) is 3.11. The number of hydrogen-bond donors (Lipinski definition) is 0. The maximum Gasteiger partial charge on any atom is 0.123 e. The van der Waals surface area contributed by atoms with Gasteiger partial charge in [0.1, 0.15) is 18.0 Å². The number of benzene rings is 1. The predicted octanol–water partition coefficient (Wildman–Crippen LogP) is 6.87. The van der Waals surface area contributed by atoms with Gasteiger partial charge in [0, 0.05) is 0 Å². The van der Waals surface area contributed by atoms with Crippen LogP contribution in [0.25, 0.3) is 0 Å². The van der Waals surface area contributed by atoms with E-state index in [1.165, 1.54) is 69.8 Å². The van der Waals surface area contributed by atoms with E-state index in [0.717, 1.165) is 18.8 Å². The number of unbranched alkanes of at least 4 members (excludes halogenated alkanes) is 9. The highest BCUT2D eigenvalue weighted by Crippen LogP contribution is 2.27. The van der Waals surface area contributed by atoms with E-state index in [1.807, 2.05) is 6.07 Å². The Kier molecular flexibility index (Phi) is 9.84. The van der Waals surface area contributed by atoms with Crippen LogP contribution in [-0.2, 0) is 11.2 Å². The Hall–Kier alpha value is -1.28. The molecule has 1 heterocycles. The summed E-state index contributed by atoms with van der Waals surface area (Å²) in [5, 5.41) is 0. The van der Waals surface area contributed by atoms with E-state index in [2.05, 4.69) is 44.2 Å². The molecule has 0 saturated carbocycles. The molecule has 1 aromatic rings. The predicted molar refractivity (Wildman–Crippen MR) is 111 cm³/mol. The Morgan fingerprint density at radius 2 is 1.69 bits per heavy atom. The minimum atomic E-state index is -0.0502. The molecular formula is C24H38O2. The van der Waals surface area contributed by atoms with Crippen LogP contribution in [0.5, 0.6) is 5.75 Å². The van der Waals surface area contributed by atoms with Gasteiger partial charge in [0.25, 0.3) is 0 Å². The highest BCUT2D eigenvalue weighted by Gasteiger charge is 2.40. The summed E-state index contributed by atoms with van der Waals surface area (Å²) in [4.78, 5) is 0. The largest absolute Gasteiger partial charge is 0.490 e. The Balaban J connectivity index is 1.49. The average molecular weight is 359 g/mol. The molecule has 0 aromatic heterocycles. The van der Waals surface area contributed by atoms with Crippen molar-refractivity contribution < 1.29 is 9.47 Å². The summed E-state index contributed by atoms with van der Waals surface area (Å²) in [5.41, 5.74) is 1.26. The Morgan fingerprint density at radius 3 is 2.38 bits per heavy atom. The summed E-state index contributed by atoms with van der Waals surface area (Å²) >= 11 is 0. The van der Waals surface area contributed by atoms with Crippen molar-refractivity contribution in [2.45, 2.75) is 90.1 Å². The van der Waals surface area contributed by atoms with Crippen LogP contribution < -0.4 is 4.74 Å². The molecule has 1 aliphatic rings. The molecule has 1 unspecified atom stereocenters. The molecule has 1 atom stereocenters. The molecule has 0 radical (unpaired) electrons. The van der Waals surface area contributed by atoms with Crippen molar-refractivity contribution in [1.29, 1.82) is 0 Å². The smallest absolute Gasteiger partial charge is 0.123 e. The molecule has 0 bridgehead atoms. The number of hydrogen-bond acceptors (Lipinski definition) is 2. The van der Waals surface area contributed by atoms with E-state index in [1.54, 1.807) is 0 Å². The lowest BCUT2D eigenvalue weighted by molar-refractivity contribution is 0.202. The van der Waals surface area contributed by atoms with Gasteiger partial charge in [0.2, 0.25) is 0 Å². The molecule has 1 aliphatic heterocycles. The van der Waals surface area contributed by atoms with Crippen molar-refractivity contribution in [2.75, 3.05) is 13.2 Å². The minimum Gasteiger partial charge on any atom is -0.490 e. The van der Waals surface area contributed by atoms with Crippen LogP contribution in [0.2, 0.25) is 0 Å². The molecule has 0 N–H and O–H groups in total. The summed E-state index contributed by atoms with van der Waals surface area (Å²) in [5.74, 6) is 0.951. The zero-order chi connectivity index (χ0) is 18.5. The molecule has 2 heteroatoms. The van der Waals surface area contributed by atoms with E-state index in [9.17, 15) is 0 Å². The second kappa shape index (κ2) is 12.2. The molecular weight excluding hydrogens is 320 g/mol. The van der Waals surface area contributed by atoms with Crippen molar-refractivity contribution in [1.82, 2.24) is 0 Å². The van der Waals surface area contributed by atoms with E-state index in [-0.39, 0.29) is 5.60 Å². The fraction of sp³-hybridized carbons (Fsp3) is 0.667. The first-order valence-corrected chi connectivity index (χ1v) is 10.7. The van der Waals surface area contributed by atoms with E-state index in [4.69, 9.17) is 9.47 Å². The van der Waals surface area contributed by atoms with E-state index < -0.39 is 0 Å².